The van der Waals surface area contributed by atoms with Crippen LogP contribution < -0.4 is 10.6 Å². The number of aliphatic carboxylic acids is 1. The van der Waals surface area contributed by atoms with Crippen LogP contribution in [0.15, 0.2) is 0 Å². The van der Waals surface area contributed by atoms with E-state index in [0.29, 0.717) is 13.0 Å². The van der Waals surface area contributed by atoms with E-state index < -0.39 is 17.4 Å². The molecule has 5 nitrogen and oxygen atoms in total. The Hall–Kier alpha value is -1.10. The molecule has 18 heavy (non-hydrogen) atoms. The van der Waals surface area contributed by atoms with E-state index in [1.165, 1.54) is 0 Å². The Kier molecular flexibility index (Phi) is 5.59. The van der Waals surface area contributed by atoms with Crippen molar-refractivity contribution in [2.75, 3.05) is 13.1 Å². The van der Waals surface area contributed by atoms with Gasteiger partial charge in [0.1, 0.15) is 6.04 Å². The highest BCUT2D eigenvalue weighted by atomic mass is 16.4. The van der Waals surface area contributed by atoms with E-state index in [2.05, 4.69) is 10.6 Å². The lowest BCUT2D eigenvalue weighted by Gasteiger charge is -2.28. The summed E-state index contributed by atoms with van der Waals surface area (Å²) in [5.74, 6) is -1.04. The van der Waals surface area contributed by atoms with Crippen molar-refractivity contribution in [3.63, 3.8) is 0 Å². The van der Waals surface area contributed by atoms with E-state index in [9.17, 15) is 9.59 Å². The molecule has 0 radical (unpaired) electrons. The van der Waals surface area contributed by atoms with E-state index in [4.69, 9.17) is 5.11 Å². The lowest BCUT2D eigenvalue weighted by atomic mass is 9.81. The Balaban J connectivity index is 2.68. The first-order valence-electron chi connectivity index (χ1n) is 6.80. The Morgan fingerprint density at radius 2 is 2.11 bits per heavy atom. The summed E-state index contributed by atoms with van der Waals surface area (Å²) in [6.45, 7) is 5.46. The zero-order chi connectivity index (χ0) is 13.6. The standard InChI is InChI=1S/C13H24N2O3/c1-3-5-10(11(16)17)15-12(18)13(6-4-2)7-8-14-9-13/h10,14H,3-9H2,1-2H3,(H,15,18)(H,16,17)/t10-,13?/m1/s1. The minimum Gasteiger partial charge on any atom is -0.480 e. The molecule has 0 aromatic heterocycles. The molecule has 5 heteroatoms. The molecule has 104 valence electrons. The third-order valence-electron chi connectivity index (χ3n) is 3.63. The van der Waals surface area contributed by atoms with Crippen LogP contribution in [-0.4, -0.2) is 36.1 Å². The number of hydrogen-bond acceptors (Lipinski definition) is 3. The molecular weight excluding hydrogens is 232 g/mol. The number of rotatable bonds is 7. The predicted octanol–water partition coefficient (Wildman–Crippen LogP) is 1.14. The van der Waals surface area contributed by atoms with Crippen LogP contribution in [0.25, 0.3) is 0 Å². The molecule has 1 amide bonds. The smallest absolute Gasteiger partial charge is 0.326 e. The molecule has 2 atom stereocenters. The van der Waals surface area contributed by atoms with Crippen LogP contribution in [-0.2, 0) is 9.59 Å². The summed E-state index contributed by atoms with van der Waals surface area (Å²) >= 11 is 0. The minimum absolute atomic E-state index is 0.102. The molecule has 1 unspecified atom stereocenters. The van der Waals surface area contributed by atoms with Gasteiger partial charge in [-0.2, -0.15) is 0 Å². The van der Waals surface area contributed by atoms with Gasteiger partial charge in [-0.05, 0) is 25.8 Å². The van der Waals surface area contributed by atoms with Gasteiger partial charge in [-0.3, -0.25) is 4.79 Å². The van der Waals surface area contributed by atoms with Crippen molar-refractivity contribution in [2.45, 2.75) is 52.0 Å². The molecule has 3 N–H and O–H groups in total. The predicted molar refractivity (Wildman–Crippen MR) is 69.3 cm³/mol. The fourth-order valence-corrected chi connectivity index (χ4v) is 2.60. The van der Waals surface area contributed by atoms with E-state index in [1.54, 1.807) is 0 Å². The highest BCUT2D eigenvalue weighted by molar-refractivity contribution is 5.87. The van der Waals surface area contributed by atoms with Gasteiger partial charge in [-0.15, -0.1) is 0 Å². The quantitative estimate of drug-likeness (QED) is 0.638. The normalized spacial score (nSPS) is 24.8. The van der Waals surface area contributed by atoms with Crippen molar-refractivity contribution < 1.29 is 14.7 Å². The van der Waals surface area contributed by atoms with E-state index in [1.807, 2.05) is 13.8 Å². The molecule has 0 bridgehead atoms. The van der Waals surface area contributed by atoms with Crippen LogP contribution in [0.2, 0.25) is 0 Å². The lowest BCUT2D eigenvalue weighted by molar-refractivity contribution is -0.144. The van der Waals surface area contributed by atoms with Crippen LogP contribution in [0.4, 0.5) is 0 Å². The molecule has 0 aliphatic carbocycles. The number of nitrogens with one attached hydrogen (secondary N) is 2. The third kappa shape index (κ3) is 3.45. The summed E-state index contributed by atoms with van der Waals surface area (Å²) < 4.78 is 0. The zero-order valence-corrected chi connectivity index (χ0v) is 11.3. The second-order valence-corrected chi connectivity index (χ2v) is 5.11. The maximum atomic E-state index is 12.3. The number of amides is 1. The molecule has 1 rings (SSSR count). The van der Waals surface area contributed by atoms with Crippen molar-refractivity contribution in [1.29, 1.82) is 0 Å². The molecule has 1 fully saturated rings. The van der Waals surface area contributed by atoms with Crippen LogP contribution in [0, 0.1) is 5.41 Å². The summed E-state index contributed by atoms with van der Waals surface area (Å²) in [6.07, 6.45) is 3.77. The Bertz CT molecular complexity index is 299. The van der Waals surface area contributed by atoms with Gasteiger partial charge >= 0.3 is 5.97 Å². The monoisotopic (exact) mass is 256 g/mol. The average Bonchev–Trinajstić information content (AvgIpc) is 2.78. The van der Waals surface area contributed by atoms with Crippen LogP contribution in [0.1, 0.15) is 46.0 Å². The number of carboxylic acid groups (broad SMARTS) is 1. The Morgan fingerprint density at radius 3 is 2.56 bits per heavy atom. The van der Waals surface area contributed by atoms with E-state index >= 15 is 0 Å². The van der Waals surface area contributed by atoms with Crippen LogP contribution in [0.3, 0.4) is 0 Å². The van der Waals surface area contributed by atoms with Gasteiger partial charge in [-0.25, -0.2) is 4.79 Å². The first-order valence-corrected chi connectivity index (χ1v) is 6.80. The number of carbonyl (C=O) groups is 2. The van der Waals surface area contributed by atoms with Gasteiger partial charge in [0, 0.05) is 6.54 Å². The summed E-state index contributed by atoms with van der Waals surface area (Å²) in [6, 6.07) is -0.753. The third-order valence-corrected chi connectivity index (χ3v) is 3.63. The second-order valence-electron chi connectivity index (χ2n) is 5.11. The minimum atomic E-state index is -0.942. The molecule has 0 spiro atoms. The first-order chi connectivity index (χ1) is 8.55. The Labute approximate surface area is 108 Å². The van der Waals surface area contributed by atoms with Crippen molar-refractivity contribution in [3.8, 4) is 0 Å². The fourth-order valence-electron chi connectivity index (χ4n) is 2.60. The first kappa shape index (κ1) is 15.0. The van der Waals surface area contributed by atoms with Crippen molar-refractivity contribution in [3.05, 3.63) is 0 Å². The summed E-state index contributed by atoms with van der Waals surface area (Å²) in [5.41, 5.74) is -0.407. The van der Waals surface area contributed by atoms with Gasteiger partial charge in [0.2, 0.25) is 5.91 Å². The fraction of sp³-hybridized carbons (Fsp3) is 0.846. The molecule has 1 saturated heterocycles. The van der Waals surface area contributed by atoms with Gasteiger partial charge in [0.05, 0.1) is 5.41 Å². The number of carbonyl (C=O) groups excluding carboxylic acids is 1. The van der Waals surface area contributed by atoms with E-state index in [0.717, 1.165) is 32.2 Å². The van der Waals surface area contributed by atoms with E-state index in [-0.39, 0.29) is 5.91 Å². The molecule has 1 aliphatic heterocycles. The highest BCUT2D eigenvalue weighted by Crippen LogP contribution is 2.31. The molecule has 1 heterocycles. The largest absolute Gasteiger partial charge is 0.480 e. The van der Waals surface area contributed by atoms with Gasteiger partial charge < -0.3 is 15.7 Å². The van der Waals surface area contributed by atoms with Gasteiger partial charge in [0.25, 0.3) is 0 Å². The SMILES string of the molecule is CCC[C@@H](NC(=O)C1(CCC)CCNC1)C(=O)O. The summed E-state index contributed by atoms with van der Waals surface area (Å²) in [4.78, 5) is 23.4. The second kappa shape index (κ2) is 6.73. The van der Waals surface area contributed by atoms with Crippen molar-refractivity contribution in [2.24, 2.45) is 5.41 Å². The molecule has 0 saturated carbocycles. The Morgan fingerprint density at radius 1 is 1.39 bits per heavy atom. The van der Waals surface area contributed by atoms with Crippen molar-refractivity contribution in [1.82, 2.24) is 10.6 Å². The summed E-state index contributed by atoms with van der Waals surface area (Å²) in [5, 5.41) is 15.0. The number of carboxylic acids is 1. The highest BCUT2D eigenvalue weighted by Gasteiger charge is 2.41. The topological polar surface area (TPSA) is 78.4 Å². The number of hydrogen-bond donors (Lipinski definition) is 3. The molecular formula is C13H24N2O3. The van der Waals surface area contributed by atoms with Gasteiger partial charge in [0.15, 0.2) is 0 Å². The maximum absolute atomic E-state index is 12.3. The lowest BCUT2D eigenvalue weighted by Crippen LogP contribution is -2.49. The van der Waals surface area contributed by atoms with Crippen LogP contribution >= 0.6 is 0 Å². The molecule has 0 aromatic rings. The van der Waals surface area contributed by atoms with Crippen molar-refractivity contribution >= 4 is 11.9 Å². The molecule has 1 aliphatic rings. The average molecular weight is 256 g/mol. The van der Waals surface area contributed by atoms with Crippen LogP contribution in [0.5, 0.6) is 0 Å². The van der Waals surface area contributed by atoms with Gasteiger partial charge in [-0.1, -0.05) is 26.7 Å². The maximum Gasteiger partial charge on any atom is 0.326 e. The summed E-state index contributed by atoms with van der Waals surface area (Å²) in [7, 11) is 0. The zero-order valence-electron chi connectivity index (χ0n) is 11.3. The molecule has 0 aromatic carbocycles.